The first-order chi connectivity index (χ1) is 9.77. The minimum absolute atomic E-state index is 0.0853. The Labute approximate surface area is 123 Å². The van der Waals surface area contributed by atoms with Crippen molar-refractivity contribution in [3.05, 3.63) is 0 Å². The van der Waals surface area contributed by atoms with Crippen molar-refractivity contribution < 1.29 is 9.53 Å². The van der Waals surface area contributed by atoms with Gasteiger partial charge in [-0.15, -0.1) is 0 Å². The molecule has 1 atom stereocenters. The lowest BCUT2D eigenvalue weighted by molar-refractivity contribution is -0.120. The highest BCUT2D eigenvalue weighted by atomic mass is 16.5. The average molecular weight is 285 g/mol. The van der Waals surface area contributed by atoms with Gasteiger partial charge in [-0.3, -0.25) is 9.69 Å². The first-order valence-electron chi connectivity index (χ1n) is 7.98. The van der Waals surface area contributed by atoms with Gasteiger partial charge in [0.25, 0.3) is 0 Å². The lowest BCUT2D eigenvalue weighted by Gasteiger charge is -2.35. The third-order valence-electron chi connectivity index (χ3n) is 3.85. The van der Waals surface area contributed by atoms with Crippen LogP contribution in [-0.2, 0) is 9.53 Å². The number of hydrogen-bond acceptors (Lipinski definition) is 4. The van der Waals surface area contributed by atoms with Gasteiger partial charge in [0.15, 0.2) is 0 Å². The quantitative estimate of drug-likeness (QED) is 0.588. The lowest BCUT2D eigenvalue weighted by Crippen LogP contribution is -2.48. The van der Waals surface area contributed by atoms with Gasteiger partial charge in [0.2, 0.25) is 5.91 Å². The average Bonchev–Trinajstić information content (AvgIpc) is 2.48. The summed E-state index contributed by atoms with van der Waals surface area (Å²) in [5.74, 6) is 0.0853. The van der Waals surface area contributed by atoms with Crippen LogP contribution >= 0.6 is 0 Å². The van der Waals surface area contributed by atoms with E-state index in [0.717, 1.165) is 13.1 Å². The van der Waals surface area contributed by atoms with Crippen LogP contribution in [0.15, 0.2) is 0 Å². The summed E-state index contributed by atoms with van der Waals surface area (Å²) in [5.41, 5.74) is 0. The van der Waals surface area contributed by atoms with Crippen molar-refractivity contribution in [1.82, 2.24) is 15.5 Å². The first-order valence-corrected chi connectivity index (χ1v) is 7.98. The van der Waals surface area contributed by atoms with Gasteiger partial charge >= 0.3 is 0 Å². The van der Waals surface area contributed by atoms with E-state index >= 15 is 0 Å². The van der Waals surface area contributed by atoms with E-state index in [1.807, 2.05) is 0 Å². The second kappa shape index (κ2) is 11.1. The fourth-order valence-corrected chi connectivity index (χ4v) is 2.62. The highest BCUT2D eigenvalue weighted by Gasteiger charge is 2.21. The van der Waals surface area contributed by atoms with Crippen LogP contribution in [0.5, 0.6) is 0 Å². The molecule has 0 saturated carbocycles. The largest absolute Gasteiger partial charge is 0.383 e. The number of unbranched alkanes of at least 4 members (excludes halogenated alkanes) is 1. The van der Waals surface area contributed by atoms with E-state index in [1.165, 1.54) is 45.2 Å². The van der Waals surface area contributed by atoms with Crippen molar-refractivity contribution in [2.45, 2.75) is 45.1 Å². The third-order valence-corrected chi connectivity index (χ3v) is 3.85. The molecule has 0 bridgehead atoms. The number of hydrogen-bond donors (Lipinski definition) is 2. The highest BCUT2D eigenvalue weighted by Crippen LogP contribution is 2.16. The lowest BCUT2D eigenvalue weighted by atomic mass is 10.0. The van der Waals surface area contributed by atoms with E-state index < -0.39 is 0 Å². The summed E-state index contributed by atoms with van der Waals surface area (Å²) in [6.45, 7) is 7.11. The van der Waals surface area contributed by atoms with Crippen molar-refractivity contribution in [3.63, 3.8) is 0 Å². The van der Waals surface area contributed by atoms with Gasteiger partial charge in [-0.05, 0) is 32.4 Å². The van der Waals surface area contributed by atoms with Crippen LogP contribution in [-0.4, -0.2) is 63.3 Å². The van der Waals surface area contributed by atoms with Gasteiger partial charge < -0.3 is 15.4 Å². The van der Waals surface area contributed by atoms with Gasteiger partial charge in [0.1, 0.15) is 0 Å². The number of nitrogens with zero attached hydrogens (tertiary/aromatic N) is 1. The molecule has 1 aliphatic rings. The number of rotatable bonds is 10. The number of likely N-dealkylation sites (tertiary alicyclic amines) is 1. The summed E-state index contributed by atoms with van der Waals surface area (Å²) in [6.07, 6.45) is 6.28. The van der Waals surface area contributed by atoms with Gasteiger partial charge in [0.05, 0.1) is 13.2 Å². The molecule has 0 aliphatic carbocycles. The highest BCUT2D eigenvalue weighted by molar-refractivity contribution is 5.77. The van der Waals surface area contributed by atoms with E-state index in [4.69, 9.17) is 4.74 Å². The van der Waals surface area contributed by atoms with E-state index in [2.05, 4.69) is 22.5 Å². The molecule has 1 fully saturated rings. The zero-order chi connectivity index (χ0) is 14.6. The van der Waals surface area contributed by atoms with E-state index in [1.54, 1.807) is 7.11 Å². The molecule has 0 aromatic rings. The minimum Gasteiger partial charge on any atom is -0.383 e. The predicted octanol–water partition coefficient (Wildman–Crippen LogP) is 0.993. The Bertz CT molecular complexity index is 262. The van der Waals surface area contributed by atoms with E-state index in [0.29, 0.717) is 19.2 Å². The molecule has 5 nitrogen and oxygen atoms in total. The SMILES string of the molecule is CCCCN1CCCCC1CNC(=O)CNCCOC. The minimum atomic E-state index is 0.0853. The number of piperidine rings is 1. The summed E-state index contributed by atoms with van der Waals surface area (Å²) in [4.78, 5) is 14.3. The standard InChI is InChI=1S/C15H31N3O2/c1-3-4-9-18-10-6-5-7-14(18)12-17-15(19)13-16-8-11-20-2/h14,16H,3-13H2,1-2H3,(H,17,19). The Morgan fingerprint density at radius 3 is 3.00 bits per heavy atom. The number of carbonyl (C=O) groups is 1. The zero-order valence-corrected chi connectivity index (χ0v) is 13.1. The van der Waals surface area contributed by atoms with Crippen molar-refractivity contribution in [1.29, 1.82) is 0 Å². The molecule has 5 heteroatoms. The molecule has 1 heterocycles. The molecule has 0 aromatic carbocycles. The van der Waals surface area contributed by atoms with Crippen molar-refractivity contribution >= 4 is 5.91 Å². The molecule has 1 rings (SSSR count). The van der Waals surface area contributed by atoms with Crippen LogP contribution in [0.1, 0.15) is 39.0 Å². The summed E-state index contributed by atoms with van der Waals surface area (Å²) < 4.78 is 4.93. The zero-order valence-electron chi connectivity index (χ0n) is 13.1. The van der Waals surface area contributed by atoms with Crippen molar-refractivity contribution in [2.24, 2.45) is 0 Å². The summed E-state index contributed by atoms with van der Waals surface area (Å²) in [5, 5.41) is 6.12. The van der Waals surface area contributed by atoms with E-state index in [-0.39, 0.29) is 5.91 Å². The van der Waals surface area contributed by atoms with Gasteiger partial charge in [-0.25, -0.2) is 0 Å². The van der Waals surface area contributed by atoms with Crippen molar-refractivity contribution in [3.8, 4) is 0 Å². The van der Waals surface area contributed by atoms with Crippen molar-refractivity contribution in [2.75, 3.05) is 46.4 Å². The molecule has 118 valence electrons. The Kier molecular flexibility index (Phi) is 9.62. The molecule has 0 spiro atoms. The summed E-state index contributed by atoms with van der Waals surface area (Å²) in [7, 11) is 1.66. The maximum absolute atomic E-state index is 11.7. The molecule has 2 N–H and O–H groups in total. The number of carbonyl (C=O) groups excluding carboxylic acids is 1. The molecule has 1 unspecified atom stereocenters. The fraction of sp³-hybridized carbons (Fsp3) is 0.933. The van der Waals surface area contributed by atoms with Gasteiger partial charge in [-0.1, -0.05) is 19.8 Å². The number of methoxy groups -OCH3 is 1. The first kappa shape index (κ1) is 17.4. The number of ether oxygens (including phenoxy) is 1. The molecule has 1 amide bonds. The Hall–Kier alpha value is -0.650. The maximum Gasteiger partial charge on any atom is 0.234 e. The van der Waals surface area contributed by atoms with Crippen LogP contribution in [0.3, 0.4) is 0 Å². The summed E-state index contributed by atoms with van der Waals surface area (Å²) >= 11 is 0. The molecular weight excluding hydrogens is 254 g/mol. The molecule has 1 aliphatic heterocycles. The van der Waals surface area contributed by atoms with Crippen LogP contribution in [0.2, 0.25) is 0 Å². The second-order valence-electron chi connectivity index (χ2n) is 5.51. The molecular formula is C15H31N3O2. The van der Waals surface area contributed by atoms with Crippen LogP contribution in [0, 0.1) is 0 Å². The Morgan fingerprint density at radius 1 is 1.40 bits per heavy atom. The number of amides is 1. The normalized spacial score (nSPS) is 20.0. The van der Waals surface area contributed by atoms with Crippen LogP contribution in [0.25, 0.3) is 0 Å². The van der Waals surface area contributed by atoms with Crippen LogP contribution in [0.4, 0.5) is 0 Å². The Balaban J connectivity index is 2.18. The van der Waals surface area contributed by atoms with Gasteiger partial charge in [0, 0.05) is 26.2 Å². The molecule has 0 aromatic heterocycles. The predicted molar refractivity (Wildman–Crippen MR) is 81.9 cm³/mol. The van der Waals surface area contributed by atoms with Crippen LogP contribution < -0.4 is 10.6 Å². The second-order valence-corrected chi connectivity index (χ2v) is 5.51. The van der Waals surface area contributed by atoms with Gasteiger partial charge in [-0.2, -0.15) is 0 Å². The molecule has 0 radical (unpaired) electrons. The monoisotopic (exact) mass is 285 g/mol. The smallest absolute Gasteiger partial charge is 0.234 e. The fourth-order valence-electron chi connectivity index (χ4n) is 2.62. The third kappa shape index (κ3) is 7.22. The topological polar surface area (TPSA) is 53.6 Å². The maximum atomic E-state index is 11.7. The summed E-state index contributed by atoms with van der Waals surface area (Å²) in [6, 6.07) is 0.526. The molecule has 20 heavy (non-hydrogen) atoms. The molecule has 1 saturated heterocycles. The van der Waals surface area contributed by atoms with E-state index in [9.17, 15) is 4.79 Å². The Morgan fingerprint density at radius 2 is 2.25 bits per heavy atom. The number of nitrogens with one attached hydrogen (secondary N) is 2.